The maximum Gasteiger partial charge on any atom is 0.308 e. The van der Waals surface area contributed by atoms with E-state index in [-0.39, 0.29) is 36.0 Å². The molecule has 0 N–H and O–H groups in total. The van der Waals surface area contributed by atoms with Crippen molar-refractivity contribution < 1.29 is 19.1 Å². The molecule has 3 rings (SSSR count). The summed E-state index contributed by atoms with van der Waals surface area (Å²) in [6, 6.07) is 7.15. The number of amides is 2. The number of hydrogen-bond donors (Lipinski definition) is 0. The number of methoxy groups -OCH3 is 1. The number of nitrogens with zero attached hydrogens (tertiary/aromatic N) is 2. The van der Waals surface area contributed by atoms with Crippen molar-refractivity contribution in [2.24, 2.45) is 11.8 Å². The minimum absolute atomic E-state index is 0.0220. The Labute approximate surface area is 151 Å². The van der Waals surface area contributed by atoms with Crippen LogP contribution in [0.5, 0.6) is 0 Å². The fourth-order valence-electron chi connectivity index (χ4n) is 3.54. The quantitative estimate of drug-likeness (QED) is 0.770. The van der Waals surface area contributed by atoms with Crippen LogP contribution in [-0.2, 0) is 19.1 Å². The van der Waals surface area contributed by atoms with Gasteiger partial charge in [0, 0.05) is 26.1 Å². The third-order valence-electron chi connectivity index (χ3n) is 4.96. The maximum absolute atomic E-state index is 12.8. The van der Waals surface area contributed by atoms with Crippen LogP contribution < -0.4 is 4.90 Å². The lowest BCUT2D eigenvalue weighted by Gasteiger charge is -2.32. The van der Waals surface area contributed by atoms with Crippen LogP contribution in [0.2, 0.25) is 5.02 Å². The smallest absolute Gasteiger partial charge is 0.308 e. The monoisotopic (exact) mass is 364 g/mol. The maximum atomic E-state index is 12.8. The van der Waals surface area contributed by atoms with Crippen LogP contribution in [-0.4, -0.2) is 49.4 Å². The largest absolute Gasteiger partial charge is 0.469 e. The molecule has 2 aliphatic rings. The van der Waals surface area contributed by atoms with Gasteiger partial charge in [0.05, 0.1) is 29.7 Å². The Morgan fingerprint density at radius 3 is 2.48 bits per heavy atom. The molecule has 2 fully saturated rings. The first-order chi connectivity index (χ1) is 12.0. The molecule has 0 spiro atoms. The first-order valence-electron chi connectivity index (χ1n) is 8.42. The Hall–Kier alpha value is -2.08. The molecule has 1 atom stereocenters. The Morgan fingerprint density at radius 2 is 1.84 bits per heavy atom. The molecule has 0 radical (unpaired) electrons. The molecule has 1 aromatic carbocycles. The number of benzene rings is 1. The fraction of sp³-hybridized carbons (Fsp3) is 0.500. The standard InChI is InChI=1S/C18H21ClN2O4/c1-25-18(24)12-6-8-20(9-7-12)17(23)13-10-16(22)21(11-13)15-5-3-2-4-14(15)19/h2-5,12-13H,6-11H2,1H3/t13-/m1/s1. The number of halogens is 1. The van der Waals surface area contributed by atoms with Gasteiger partial charge in [-0.3, -0.25) is 14.4 Å². The Bertz CT molecular complexity index is 685. The summed E-state index contributed by atoms with van der Waals surface area (Å²) >= 11 is 6.17. The van der Waals surface area contributed by atoms with Crippen molar-refractivity contribution >= 4 is 35.1 Å². The number of para-hydroxylation sites is 1. The highest BCUT2D eigenvalue weighted by molar-refractivity contribution is 6.33. The van der Waals surface area contributed by atoms with E-state index in [2.05, 4.69) is 0 Å². The van der Waals surface area contributed by atoms with Gasteiger partial charge in [-0.05, 0) is 25.0 Å². The predicted molar refractivity (Wildman–Crippen MR) is 93.2 cm³/mol. The van der Waals surface area contributed by atoms with E-state index >= 15 is 0 Å². The number of rotatable bonds is 3. The number of hydrogen-bond acceptors (Lipinski definition) is 4. The molecule has 1 aromatic rings. The zero-order valence-electron chi connectivity index (χ0n) is 14.1. The highest BCUT2D eigenvalue weighted by Crippen LogP contribution is 2.32. The van der Waals surface area contributed by atoms with Gasteiger partial charge in [-0.1, -0.05) is 23.7 Å². The molecule has 0 aliphatic carbocycles. The zero-order chi connectivity index (χ0) is 18.0. The molecule has 25 heavy (non-hydrogen) atoms. The minimum atomic E-state index is -0.363. The van der Waals surface area contributed by atoms with Gasteiger partial charge in [-0.25, -0.2) is 0 Å². The van der Waals surface area contributed by atoms with E-state index < -0.39 is 0 Å². The second-order valence-electron chi connectivity index (χ2n) is 6.48. The van der Waals surface area contributed by atoms with E-state index in [1.807, 2.05) is 6.07 Å². The highest BCUT2D eigenvalue weighted by Gasteiger charge is 2.39. The highest BCUT2D eigenvalue weighted by atomic mass is 35.5. The van der Waals surface area contributed by atoms with Crippen LogP contribution in [0.25, 0.3) is 0 Å². The molecule has 2 amide bonds. The van der Waals surface area contributed by atoms with Crippen LogP contribution in [0.15, 0.2) is 24.3 Å². The summed E-state index contributed by atoms with van der Waals surface area (Å²) < 4.78 is 4.77. The molecule has 2 saturated heterocycles. The molecule has 0 aromatic heterocycles. The van der Waals surface area contributed by atoms with E-state index in [0.717, 1.165) is 0 Å². The van der Waals surface area contributed by atoms with Gasteiger partial charge in [-0.2, -0.15) is 0 Å². The second-order valence-corrected chi connectivity index (χ2v) is 6.89. The number of likely N-dealkylation sites (tertiary alicyclic amines) is 1. The summed E-state index contributed by atoms with van der Waals surface area (Å²) in [4.78, 5) is 40.0. The van der Waals surface area contributed by atoms with Crippen LogP contribution >= 0.6 is 11.6 Å². The number of carbonyl (C=O) groups excluding carboxylic acids is 3. The molecule has 0 bridgehead atoms. The third-order valence-corrected chi connectivity index (χ3v) is 5.28. The summed E-state index contributed by atoms with van der Waals surface area (Å²) in [5.74, 6) is -0.826. The van der Waals surface area contributed by atoms with Gasteiger partial charge in [0.15, 0.2) is 0 Å². The molecule has 0 saturated carbocycles. The van der Waals surface area contributed by atoms with Crippen molar-refractivity contribution in [3.05, 3.63) is 29.3 Å². The van der Waals surface area contributed by atoms with Crippen molar-refractivity contribution in [1.29, 1.82) is 0 Å². The van der Waals surface area contributed by atoms with Crippen molar-refractivity contribution in [2.45, 2.75) is 19.3 Å². The van der Waals surface area contributed by atoms with E-state index in [4.69, 9.17) is 16.3 Å². The summed E-state index contributed by atoms with van der Waals surface area (Å²) in [5.41, 5.74) is 0.647. The van der Waals surface area contributed by atoms with E-state index in [9.17, 15) is 14.4 Å². The first-order valence-corrected chi connectivity index (χ1v) is 8.80. The number of piperidine rings is 1. The molecule has 7 heteroatoms. The normalized spacial score (nSPS) is 21.5. The lowest BCUT2D eigenvalue weighted by Crippen LogP contribution is -2.43. The summed E-state index contributed by atoms with van der Waals surface area (Å²) in [5, 5.41) is 0.503. The number of carbonyl (C=O) groups is 3. The van der Waals surface area contributed by atoms with Gasteiger partial charge >= 0.3 is 5.97 Å². The van der Waals surface area contributed by atoms with E-state index in [1.165, 1.54) is 7.11 Å². The topological polar surface area (TPSA) is 66.9 Å². The van der Waals surface area contributed by atoms with Crippen LogP contribution in [0.4, 0.5) is 5.69 Å². The van der Waals surface area contributed by atoms with E-state index in [1.54, 1.807) is 28.0 Å². The van der Waals surface area contributed by atoms with Crippen molar-refractivity contribution in [3.63, 3.8) is 0 Å². The van der Waals surface area contributed by atoms with E-state index in [0.29, 0.717) is 43.2 Å². The molecular weight excluding hydrogens is 344 g/mol. The Kier molecular flexibility index (Phi) is 5.27. The minimum Gasteiger partial charge on any atom is -0.469 e. The average molecular weight is 365 g/mol. The zero-order valence-corrected chi connectivity index (χ0v) is 14.9. The van der Waals surface area contributed by atoms with Gasteiger partial charge in [-0.15, -0.1) is 0 Å². The molecule has 2 heterocycles. The lowest BCUT2D eigenvalue weighted by molar-refractivity contribution is -0.149. The Morgan fingerprint density at radius 1 is 1.16 bits per heavy atom. The van der Waals surface area contributed by atoms with Crippen LogP contribution in [0, 0.1) is 11.8 Å². The molecule has 6 nitrogen and oxygen atoms in total. The first kappa shape index (κ1) is 17.7. The van der Waals surface area contributed by atoms with Crippen LogP contribution in [0.3, 0.4) is 0 Å². The average Bonchev–Trinajstić information content (AvgIpc) is 3.02. The number of esters is 1. The van der Waals surface area contributed by atoms with Crippen molar-refractivity contribution in [1.82, 2.24) is 4.90 Å². The van der Waals surface area contributed by atoms with Gasteiger partial charge in [0.25, 0.3) is 0 Å². The summed E-state index contributed by atoms with van der Waals surface area (Å²) in [7, 11) is 1.38. The Balaban J connectivity index is 1.62. The second kappa shape index (κ2) is 7.44. The molecular formula is C18H21ClN2O4. The number of ether oxygens (including phenoxy) is 1. The number of anilines is 1. The summed E-state index contributed by atoms with van der Waals surface area (Å²) in [6.45, 7) is 1.39. The summed E-state index contributed by atoms with van der Waals surface area (Å²) in [6.07, 6.45) is 1.40. The van der Waals surface area contributed by atoms with Gasteiger partial charge in [0.1, 0.15) is 0 Å². The third kappa shape index (κ3) is 3.63. The fourth-order valence-corrected chi connectivity index (χ4v) is 3.77. The SMILES string of the molecule is COC(=O)C1CCN(C(=O)[C@@H]2CC(=O)N(c3ccccc3Cl)C2)CC1. The van der Waals surface area contributed by atoms with Crippen LogP contribution in [0.1, 0.15) is 19.3 Å². The molecule has 2 aliphatic heterocycles. The lowest BCUT2D eigenvalue weighted by atomic mass is 9.95. The van der Waals surface area contributed by atoms with Gasteiger partial charge in [0.2, 0.25) is 11.8 Å². The van der Waals surface area contributed by atoms with Crippen molar-refractivity contribution in [2.75, 3.05) is 31.6 Å². The van der Waals surface area contributed by atoms with Crippen molar-refractivity contribution in [3.8, 4) is 0 Å². The molecule has 0 unspecified atom stereocenters. The van der Waals surface area contributed by atoms with Gasteiger partial charge < -0.3 is 14.5 Å². The molecule has 134 valence electrons. The predicted octanol–water partition coefficient (Wildman–Crippen LogP) is 2.10.